The fourth-order valence-electron chi connectivity index (χ4n) is 3.19. The number of methoxy groups -OCH3 is 1. The van der Waals surface area contributed by atoms with Crippen LogP contribution in [0.4, 0.5) is 0 Å². The summed E-state index contributed by atoms with van der Waals surface area (Å²) in [4.78, 5) is 49.9. The predicted molar refractivity (Wildman–Crippen MR) is 115 cm³/mol. The van der Waals surface area contributed by atoms with Crippen LogP contribution in [0.15, 0.2) is 48.0 Å². The molecular formula is C24H20N2O7. The first-order valence-corrected chi connectivity index (χ1v) is 10.0. The molecule has 33 heavy (non-hydrogen) atoms. The molecule has 0 spiro atoms. The summed E-state index contributed by atoms with van der Waals surface area (Å²) < 4.78 is 15.4. The number of imide groups is 1. The summed E-state index contributed by atoms with van der Waals surface area (Å²) in [5.41, 5.74) is 0.883. The molecule has 9 heteroatoms. The molecule has 2 aromatic rings. The van der Waals surface area contributed by atoms with E-state index < -0.39 is 23.8 Å². The lowest BCUT2D eigenvalue weighted by Gasteiger charge is -2.14. The summed E-state index contributed by atoms with van der Waals surface area (Å²) in [6.07, 6.45) is 1.12. The Morgan fingerprint density at radius 3 is 2.30 bits per heavy atom. The summed E-state index contributed by atoms with van der Waals surface area (Å²) in [6.45, 7) is 1.64. The van der Waals surface area contributed by atoms with Crippen LogP contribution in [0.5, 0.6) is 11.5 Å². The zero-order valence-electron chi connectivity index (χ0n) is 18.0. The van der Waals surface area contributed by atoms with Gasteiger partial charge in [0.2, 0.25) is 0 Å². The zero-order valence-corrected chi connectivity index (χ0v) is 18.0. The number of fused-ring (bicyclic) bond motifs is 1. The molecule has 0 aliphatic carbocycles. The molecule has 3 rings (SSSR count). The van der Waals surface area contributed by atoms with Crippen LogP contribution in [-0.2, 0) is 14.3 Å². The van der Waals surface area contributed by atoms with Crippen LogP contribution in [0, 0.1) is 11.3 Å². The molecule has 0 fully saturated rings. The van der Waals surface area contributed by atoms with E-state index in [0.29, 0.717) is 16.7 Å². The number of carbonyl (C=O) groups is 4. The van der Waals surface area contributed by atoms with E-state index in [1.54, 1.807) is 37.3 Å². The van der Waals surface area contributed by atoms with Crippen LogP contribution in [0.3, 0.4) is 0 Å². The van der Waals surface area contributed by atoms with Crippen molar-refractivity contribution in [3.8, 4) is 17.6 Å². The van der Waals surface area contributed by atoms with Gasteiger partial charge >= 0.3 is 11.9 Å². The highest BCUT2D eigenvalue weighted by atomic mass is 16.6. The summed E-state index contributed by atoms with van der Waals surface area (Å²) >= 11 is 0. The molecule has 0 bridgehead atoms. The van der Waals surface area contributed by atoms with E-state index >= 15 is 0 Å². The predicted octanol–water partition coefficient (Wildman–Crippen LogP) is 2.76. The van der Waals surface area contributed by atoms with E-state index in [9.17, 15) is 19.2 Å². The van der Waals surface area contributed by atoms with Gasteiger partial charge in [0.15, 0.2) is 11.5 Å². The van der Waals surface area contributed by atoms with Crippen molar-refractivity contribution in [3.63, 3.8) is 0 Å². The number of nitrogens with zero attached hydrogens (tertiary/aromatic N) is 2. The maximum absolute atomic E-state index is 12.4. The summed E-state index contributed by atoms with van der Waals surface area (Å²) in [7, 11) is 1.37. The van der Waals surface area contributed by atoms with Crippen molar-refractivity contribution in [1.82, 2.24) is 4.90 Å². The van der Waals surface area contributed by atoms with Crippen LogP contribution in [0.25, 0.3) is 6.08 Å². The fourth-order valence-corrected chi connectivity index (χ4v) is 3.19. The number of amides is 2. The minimum atomic E-state index is -0.748. The van der Waals surface area contributed by atoms with Gasteiger partial charge in [0.1, 0.15) is 11.6 Å². The number of rotatable bonds is 8. The molecule has 0 N–H and O–H groups in total. The molecule has 0 saturated heterocycles. The minimum absolute atomic E-state index is 0.108. The Morgan fingerprint density at radius 1 is 1.06 bits per heavy atom. The monoisotopic (exact) mass is 448 g/mol. The Balaban J connectivity index is 1.67. The Morgan fingerprint density at radius 2 is 1.73 bits per heavy atom. The number of benzene rings is 2. The third-order valence-corrected chi connectivity index (χ3v) is 4.76. The molecule has 0 radical (unpaired) electrons. The van der Waals surface area contributed by atoms with Gasteiger partial charge in [0.05, 0.1) is 31.3 Å². The first kappa shape index (κ1) is 23.2. The van der Waals surface area contributed by atoms with Crippen molar-refractivity contribution >= 4 is 29.8 Å². The first-order chi connectivity index (χ1) is 15.9. The van der Waals surface area contributed by atoms with Gasteiger partial charge in [-0.05, 0) is 42.8 Å². The number of hydrogen-bond donors (Lipinski definition) is 0. The summed E-state index contributed by atoms with van der Waals surface area (Å²) in [5, 5.41) is 9.16. The molecule has 1 aliphatic rings. The van der Waals surface area contributed by atoms with Gasteiger partial charge < -0.3 is 14.2 Å². The molecule has 9 nitrogen and oxygen atoms in total. The van der Waals surface area contributed by atoms with E-state index in [4.69, 9.17) is 19.5 Å². The van der Waals surface area contributed by atoms with E-state index in [1.165, 1.54) is 31.4 Å². The van der Waals surface area contributed by atoms with Crippen molar-refractivity contribution in [2.75, 3.05) is 20.3 Å². The number of hydrogen-bond acceptors (Lipinski definition) is 8. The van der Waals surface area contributed by atoms with Gasteiger partial charge in [-0.15, -0.1) is 0 Å². The largest absolute Gasteiger partial charge is 0.493 e. The van der Waals surface area contributed by atoms with Crippen molar-refractivity contribution in [2.24, 2.45) is 0 Å². The summed E-state index contributed by atoms with van der Waals surface area (Å²) in [5.74, 6) is -2.02. The quantitative estimate of drug-likeness (QED) is 0.199. The molecule has 0 unspecified atom stereocenters. The number of esters is 2. The number of carbonyl (C=O) groups excluding carboxylic acids is 4. The standard InChI is InChI=1S/C24H20N2O7/c1-3-32-24(30)16(14-25)12-15-8-9-19(20(13-15)31-2)33-21(27)10-11-26-22(28)17-6-4-5-7-18(17)23(26)29/h4-9,12-13H,3,10-11H2,1-2H3/b16-12-. The lowest BCUT2D eigenvalue weighted by Crippen LogP contribution is -2.32. The molecule has 168 valence electrons. The lowest BCUT2D eigenvalue weighted by molar-refractivity contribution is -0.138. The molecule has 0 atom stereocenters. The average Bonchev–Trinajstić information content (AvgIpc) is 3.06. The number of nitriles is 1. The molecule has 0 aromatic heterocycles. The maximum Gasteiger partial charge on any atom is 0.348 e. The van der Waals surface area contributed by atoms with Crippen LogP contribution in [0.1, 0.15) is 39.6 Å². The number of ether oxygens (including phenoxy) is 3. The highest BCUT2D eigenvalue weighted by Crippen LogP contribution is 2.30. The van der Waals surface area contributed by atoms with Gasteiger partial charge in [0, 0.05) is 6.54 Å². The Kier molecular flexibility index (Phi) is 7.20. The Labute approximate surface area is 189 Å². The van der Waals surface area contributed by atoms with Crippen molar-refractivity contribution < 1.29 is 33.4 Å². The third kappa shape index (κ3) is 5.07. The van der Waals surface area contributed by atoms with Crippen LogP contribution >= 0.6 is 0 Å². The maximum atomic E-state index is 12.4. The van der Waals surface area contributed by atoms with Crippen LogP contribution in [-0.4, -0.2) is 48.9 Å². The highest BCUT2D eigenvalue weighted by Gasteiger charge is 2.35. The lowest BCUT2D eigenvalue weighted by atomic mass is 10.1. The topological polar surface area (TPSA) is 123 Å². The van der Waals surface area contributed by atoms with Crippen molar-refractivity contribution in [3.05, 3.63) is 64.7 Å². The second-order valence-corrected chi connectivity index (χ2v) is 6.83. The molecule has 2 aromatic carbocycles. The van der Waals surface area contributed by atoms with E-state index in [0.717, 1.165) is 4.90 Å². The Bertz CT molecular complexity index is 1160. The average molecular weight is 448 g/mol. The van der Waals surface area contributed by atoms with Gasteiger partial charge in [-0.3, -0.25) is 19.3 Å². The van der Waals surface area contributed by atoms with Gasteiger partial charge in [-0.25, -0.2) is 4.79 Å². The first-order valence-electron chi connectivity index (χ1n) is 10.0. The summed E-state index contributed by atoms with van der Waals surface area (Å²) in [6, 6.07) is 12.7. The fraction of sp³-hybridized carbons (Fsp3) is 0.208. The second kappa shape index (κ2) is 10.2. The van der Waals surface area contributed by atoms with E-state index in [-0.39, 0.29) is 36.6 Å². The molecular weight excluding hydrogens is 428 g/mol. The second-order valence-electron chi connectivity index (χ2n) is 6.83. The van der Waals surface area contributed by atoms with E-state index in [1.807, 2.05) is 0 Å². The van der Waals surface area contributed by atoms with E-state index in [2.05, 4.69) is 0 Å². The Hall–Kier alpha value is -4.45. The molecule has 0 saturated carbocycles. The van der Waals surface area contributed by atoms with Gasteiger partial charge in [-0.2, -0.15) is 5.26 Å². The minimum Gasteiger partial charge on any atom is -0.493 e. The third-order valence-electron chi connectivity index (χ3n) is 4.76. The van der Waals surface area contributed by atoms with Crippen LogP contribution < -0.4 is 9.47 Å². The van der Waals surface area contributed by atoms with Crippen molar-refractivity contribution in [2.45, 2.75) is 13.3 Å². The van der Waals surface area contributed by atoms with Gasteiger partial charge in [-0.1, -0.05) is 18.2 Å². The SMILES string of the molecule is CCOC(=O)/C(C#N)=C\c1ccc(OC(=O)CCN2C(=O)c3ccccc3C2=O)c(OC)c1. The van der Waals surface area contributed by atoms with Crippen molar-refractivity contribution in [1.29, 1.82) is 5.26 Å². The van der Waals surface area contributed by atoms with Gasteiger partial charge in [0.25, 0.3) is 11.8 Å². The molecule has 2 amide bonds. The zero-order chi connectivity index (χ0) is 24.0. The highest BCUT2D eigenvalue weighted by molar-refractivity contribution is 6.21. The normalized spacial score (nSPS) is 12.8. The van der Waals surface area contributed by atoms with Crippen LogP contribution in [0.2, 0.25) is 0 Å². The molecule has 1 aliphatic heterocycles. The smallest absolute Gasteiger partial charge is 0.348 e. The molecule has 1 heterocycles.